The monoisotopic (exact) mass is 260 g/mol. The molecule has 0 spiro atoms. The maximum Gasteiger partial charge on any atom is 0.208 e. The van der Waals surface area contributed by atoms with Crippen molar-refractivity contribution in [1.82, 2.24) is 15.5 Å². The van der Waals surface area contributed by atoms with Crippen molar-refractivity contribution >= 4 is 28.2 Å². The summed E-state index contributed by atoms with van der Waals surface area (Å²) in [5.41, 5.74) is 0. The van der Waals surface area contributed by atoms with Gasteiger partial charge in [-0.2, -0.15) is 0 Å². The Morgan fingerprint density at radius 1 is 1.44 bits per heavy atom. The molecular formula is C10H20N4S2. The minimum Gasteiger partial charge on any atom is -0.353 e. The van der Waals surface area contributed by atoms with Gasteiger partial charge in [-0.25, -0.2) is 0 Å². The summed E-state index contributed by atoms with van der Waals surface area (Å²) in [6.07, 6.45) is 1.17. The minimum absolute atomic E-state index is 0.604. The molecule has 1 N–H and O–H groups in total. The predicted octanol–water partition coefficient (Wildman–Crippen LogP) is 2.08. The van der Waals surface area contributed by atoms with Gasteiger partial charge in [0.05, 0.1) is 0 Å². The summed E-state index contributed by atoms with van der Waals surface area (Å²) in [7, 11) is 3.97. The number of nitrogens with one attached hydrogen (secondary N) is 1. The van der Waals surface area contributed by atoms with Gasteiger partial charge in [0.2, 0.25) is 5.13 Å². The molecule has 1 heterocycles. The molecule has 1 rings (SSSR count). The van der Waals surface area contributed by atoms with Gasteiger partial charge in [0, 0.05) is 32.4 Å². The van der Waals surface area contributed by atoms with E-state index in [1.165, 1.54) is 6.42 Å². The molecule has 0 aliphatic rings. The zero-order valence-corrected chi connectivity index (χ0v) is 12.0. The van der Waals surface area contributed by atoms with Crippen LogP contribution >= 0.6 is 23.1 Å². The third-order valence-electron chi connectivity index (χ3n) is 2.21. The van der Waals surface area contributed by atoms with Crippen LogP contribution < -0.4 is 10.2 Å². The molecule has 0 aromatic carbocycles. The zero-order valence-electron chi connectivity index (χ0n) is 10.4. The maximum atomic E-state index is 4.14. The van der Waals surface area contributed by atoms with Gasteiger partial charge in [-0.3, -0.25) is 0 Å². The molecule has 16 heavy (non-hydrogen) atoms. The average molecular weight is 260 g/mol. The van der Waals surface area contributed by atoms with Crippen molar-refractivity contribution < 1.29 is 0 Å². The number of anilines is 1. The van der Waals surface area contributed by atoms with Crippen molar-refractivity contribution in [2.75, 3.05) is 31.3 Å². The minimum atomic E-state index is 0.604. The summed E-state index contributed by atoms with van der Waals surface area (Å²) in [6, 6.07) is 0.604. The van der Waals surface area contributed by atoms with Crippen molar-refractivity contribution in [2.45, 2.75) is 30.6 Å². The Kier molecular flexibility index (Phi) is 6.08. The molecule has 1 unspecified atom stereocenters. The molecule has 0 fully saturated rings. The Bertz CT molecular complexity index is 301. The van der Waals surface area contributed by atoms with E-state index >= 15 is 0 Å². The standard InChI is InChI=1S/C10H20N4S2/c1-5-8(2)11-6-7-15-10-13-12-9(16-10)14(3)4/h8,11H,5-7H2,1-4H3. The second kappa shape index (κ2) is 7.09. The summed E-state index contributed by atoms with van der Waals surface area (Å²) in [4.78, 5) is 1.99. The first-order valence-electron chi connectivity index (χ1n) is 5.50. The van der Waals surface area contributed by atoms with E-state index in [2.05, 4.69) is 29.4 Å². The molecule has 0 bridgehead atoms. The van der Waals surface area contributed by atoms with E-state index in [4.69, 9.17) is 0 Å². The fourth-order valence-corrected chi connectivity index (χ4v) is 2.73. The summed E-state index contributed by atoms with van der Waals surface area (Å²) < 4.78 is 1.05. The van der Waals surface area contributed by atoms with Gasteiger partial charge >= 0.3 is 0 Å². The highest BCUT2D eigenvalue weighted by atomic mass is 32.2. The molecule has 0 saturated heterocycles. The largest absolute Gasteiger partial charge is 0.353 e. The summed E-state index contributed by atoms with van der Waals surface area (Å²) in [5, 5.41) is 12.7. The lowest BCUT2D eigenvalue weighted by molar-refractivity contribution is 0.555. The number of nitrogens with zero attached hydrogens (tertiary/aromatic N) is 3. The Hall–Kier alpha value is -0.330. The molecule has 1 atom stereocenters. The highest BCUT2D eigenvalue weighted by Gasteiger charge is 2.05. The summed E-state index contributed by atoms with van der Waals surface area (Å²) in [5.74, 6) is 1.05. The summed E-state index contributed by atoms with van der Waals surface area (Å²) >= 11 is 3.41. The van der Waals surface area contributed by atoms with Crippen LogP contribution in [0.25, 0.3) is 0 Å². The lowest BCUT2D eigenvalue weighted by Gasteiger charge is -2.09. The quantitative estimate of drug-likeness (QED) is 0.600. The van der Waals surface area contributed by atoms with E-state index in [-0.39, 0.29) is 0 Å². The lowest BCUT2D eigenvalue weighted by Crippen LogP contribution is -2.27. The molecule has 0 aliphatic carbocycles. The third kappa shape index (κ3) is 4.67. The van der Waals surface area contributed by atoms with E-state index in [0.29, 0.717) is 6.04 Å². The molecular weight excluding hydrogens is 240 g/mol. The van der Waals surface area contributed by atoms with Gasteiger partial charge in [-0.15, -0.1) is 10.2 Å². The lowest BCUT2D eigenvalue weighted by atomic mass is 10.3. The predicted molar refractivity (Wildman–Crippen MR) is 72.7 cm³/mol. The third-order valence-corrected chi connectivity index (χ3v) is 4.44. The number of hydrogen-bond donors (Lipinski definition) is 1. The zero-order chi connectivity index (χ0) is 12.0. The van der Waals surface area contributed by atoms with Gasteiger partial charge < -0.3 is 10.2 Å². The summed E-state index contributed by atoms with van der Waals surface area (Å²) in [6.45, 7) is 5.43. The van der Waals surface area contributed by atoms with Crippen LogP contribution in [0.4, 0.5) is 5.13 Å². The molecule has 1 aromatic heterocycles. The Morgan fingerprint density at radius 3 is 2.75 bits per heavy atom. The SMILES string of the molecule is CCC(C)NCCSc1nnc(N(C)C)s1. The molecule has 0 amide bonds. The molecule has 4 nitrogen and oxygen atoms in total. The van der Waals surface area contributed by atoms with Crippen molar-refractivity contribution in [3.05, 3.63) is 0 Å². The second-order valence-corrected chi connectivity index (χ2v) is 6.15. The topological polar surface area (TPSA) is 41.1 Å². The maximum absolute atomic E-state index is 4.14. The van der Waals surface area contributed by atoms with Gasteiger partial charge in [0.25, 0.3) is 0 Å². The van der Waals surface area contributed by atoms with Crippen LogP contribution in [0.3, 0.4) is 0 Å². The fourth-order valence-electron chi connectivity index (χ4n) is 1.03. The van der Waals surface area contributed by atoms with Crippen LogP contribution in [0.2, 0.25) is 0 Å². The Morgan fingerprint density at radius 2 is 2.19 bits per heavy atom. The van der Waals surface area contributed by atoms with Crippen molar-refractivity contribution in [3.8, 4) is 0 Å². The first kappa shape index (κ1) is 13.7. The van der Waals surface area contributed by atoms with Crippen molar-refractivity contribution in [1.29, 1.82) is 0 Å². The molecule has 6 heteroatoms. The van der Waals surface area contributed by atoms with E-state index in [1.54, 1.807) is 23.1 Å². The average Bonchev–Trinajstić information content (AvgIpc) is 2.72. The first-order valence-corrected chi connectivity index (χ1v) is 7.30. The molecule has 0 aliphatic heterocycles. The van der Waals surface area contributed by atoms with Crippen LogP contribution in [0.1, 0.15) is 20.3 Å². The van der Waals surface area contributed by atoms with Crippen LogP contribution in [0, 0.1) is 0 Å². The van der Waals surface area contributed by atoms with Gasteiger partial charge in [-0.05, 0) is 13.3 Å². The Labute approximate surface area is 106 Å². The number of thioether (sulfide) groups is 1. The van der Waals surface area contributed by atoms with Gasteiger partial charge in [-0.1, -0.05) is 30.0 Å². The van der Waals surface area contributed by atoms with Crippen LogP contribution in [0.5, 0.6) is 0 Å². The van der Waals surface area contributed by atoms with Gasteiger partial charge in [0.15, 0.2) is 4.34 Å². The van der Waals surface area contributed by atoms with Crippen LogP contribution in [0.15, 0.2) is 4.34 Å². The van der Waals surface area contributed by atoms with E-state index in [1.807, 2.05) is 19.0 Å². The number of hydrogen-bond acceptors (Lipinski definition) is 6. The van der Waals surface area contributed by atoms with Crippen molar-refractivity contribution in [3.63, 3.8) is 0 Å². The first-order chi connectivity index (χ1) is 7.63. The smallest absolute Gasteiger partial charge is 0.208 e. The van der Waals surface area contributed by atoms with E-state index in [9.17, 15) is 0 Å². The molecule has 1 aromatic rings. The van der Waals surface area contributed by atoms with Crippen LogP contribution in [-0.2, 0) is 0 Å². The number of rotatable bonds is 7. The van der Waals surface area contributed by atoms with Crippen LogP contribution in [-0.4, -0.2) is 42.6 Å². The molecule has 92 valence electrons. The highest BCUT2D eigenvalue weighted by molar-refractivity contribution is 8.01. The van der Waals surface area contributed by atoms with Crippen molar-refractivity contribution in [2.24, 2.45) is 0 Å². The van der Waals surface area contributed by atoms with E-state index < -0.39 is 0 Å². The Balaban J connectivity index is 2.21. The second-order valence-electron chi connectivity index (χ2n) is 3.86. The molecule has 0 saturated carbocycles. The fraction of sp³-hybridized carbons (Fsp3) is 0.800. The van der Waals surface area contributed by atoms with Gasteiger partial charge in [0.1, 0.15) is 0 Å². The number of aromatic nitrogens is 2. The normalized spacial score (nSPS) is 12.8. The van der Waals surface area contributed by atoms with E-state index in [0.717, 1.165) is 21.8 Å². The highest BCUT2D eigenvalue weighted by Crippen LogP contribution is 2.26. The molecule has 0 radical (unpaired) electrons.